The Morgan fingerprint density at radius 3 is 2.25 bits per heavy atom. The highest BCUT2D eigenvalue weighted by Crippen LogP contribution is 2.24. The molecule has 0 N–H and O–H groups in total. The van der Waals surface area contributed by atoms with Crippen LogP contribution in [0.15, 0.2) is 0 Å². The van der Waals surface area contributed by atoms with Gasteiger partial charge in [-0.1, -0.05) is 0 Å². The number of amides is 1. The first-order chi connectivity index (χ1) is 7.19. The van der Waals surface area contributed by atoms with E-state index in [0.717, 1.165) is 7.05 Å². The summed E-state index contributed by atoms with van der Waals surface area (Å²) in [5, 5.41) is 0. The largest absolute Gasteiger partial charge is 0.383 e. The van der Waals surface area contributed by atoms with E-state index in [9.17, 15) is 22.4 Å². The Morgan fingerprint density at radius 2 is 1.88 bits per heavy atom. The second-order valence-corrected chi connectivity index (χ2v) is 3.57. The standard InChI is InChI=1S/C9H15F4NO2/c1-6(2)16-5-4-14(3)8(15)9(12,13)7(10)11/h6-7H,4-5H2,1-3H3. The van der Waals surface area contributed by atoms with Crippen LogP contribution >= 0.6 is 0 Å². The van der Waals surface area contributed by atoms with Gasteiger partial charge in [0.1, 0.15) is 0 Å². The Balaban J connectivity index is 4.18. The van der Waals surface area contributed by atoms with E-state index in [1.807, 2.05) is 0 Å². The molecule has 0 spiro atoms. The molecule has 0 aromatic rings. The van der Waals surface area contributed by atoms with Crippen molar-refractivity contribution in [2.75, 3.05) is 20.2 Å². The summed E-state index contributed by atoms with van der Waals surface area (Å²) in [5.41, 5.74) is 0. The van der Waals surface area contributed by atoms with Crippen LogP contribution in [0.5, 0.6) is 0 Å². The fraction of sp³-hybridized carbons (Fsp3) is 0.889. The minimum atomic E-state index is -4.63. The first kappa shape index (κ1) is 15.2. The van der Waals surface area contributed by atoms with Crippen molar-refractivity contribution in [3.05, 3.63) is 0 Å². The maximum atomic E-state index is 12.6. The Kier molecular flexibility index (Phi) is 5.71. The van der Waals surface area contributed by atoms with Crippen molar-refractivity contribution in [1.29, 1.82) is 0 Å². The van der Waals surface area contributed by atoms with Gasteiger partial charge in [0, 0.05) is 13.6 Å². The summed E-state index contributed by atoms with van der Waals surface area (Å²) in [6.07, 6.45) is -4.10. The number of alkyl halides is 4. The van der Waals surface area contributed by atoms with Crippen molar-refractivity contribution in [3.8, 4) is 0 Å². The molecular weight excluding hydrogens is 230 g/mol. The first-order valence-electron chi connectivity index (χ1n) is 4.72. The van der Waals surface area contributed by atoms with Crippen LogP contribution in [0.1, 0.15) is 13.8 Å². The van der Waals surface area contributed by atoms with Gasteiger partial charge in [-0.15, -0.1) is 0 Å². The molecule has 0 aliphatic rings. The van der Waals surface area contributed by atoms with Gasteiger partial charge in [0.15, 0.2) is 0 Å². The lowest BCUT2D eigenvalue weighted by Crippen LogP contribution is -2.47. The molecule has 1 amide bonds. The van der Waals surface area contributed by atoms with E-state index in [1.165, 1.54) is 0 Å². The van der Waals surface area contributed by atoms with Crippen molar-refractivity contribution in [1.82, 2.24) is 4.90 Å². The van der Waals surface area contributed by atoms with Gasteiger partial charge < -0.3 is 9.64 Å². The van der Waals surface area contributed by atoms with Gasteiger partial charge in [-0.3, -0.25) is 4.79 Å². The number of halogens is 4. The van der Waals surface area contributed by atoms with Crippen LogP contribution < -0.4 is 0 Å². The van der Waals surface area contributed by atoms with Gasteiger partial charge >= 0.3 is 12.3 Å². The predicted molar refractivity (Wildman–Crippen MR) is 49.7 cm³/mol. The Labute approximate surface area is 91.4 Å². The minimum Gasteiger partial charge on any atom is -0.377 e. The Hall–Kier alpha value is -0.850. The maximum absolute atomic E-state index is 12.6. The fourth-order valence-electron chi connectivity index (χ4n) is 0.875. The third-order valence-corrected chi connectivity index (χ3v) is 1.78. The number of hydrogen-bond acceptors (Lipinski definition) is 2. The highest BCUT2D eigenvalue weighted by atomic mass is 19.3. The molecule has 0 fully saturated rings. The zero-order valence-electron chi connectivity index (χ0n) is 9.34. The number of carbonyl (C=O) groups excluding carboxylic acids is 1. The molecule has 0 atom stereocenters. The van der Waals surface area contributed by atoms with Crippen LogP contribution in [-0.4, -0.2) is 49.5 Å². The molecule has 0 saturated heterocycles. The van der Waals surface area contributed by atoms with E-state index in [1.54, 1.807) is 13.8 Å². The SMILES string of the molecule is CC(C)OCCN(C)C(=O)C(F)(F)C(F)F. The topological polar surface area (TPSA) is 29.5 Å². The third kappa shape index (κ3) is 4.34. The highest BCUT2D eigenvalue weighted by Gasteiger charge is 2.50. The minimum absolute atomic E-state index is 0.0270. The van der Waals surface area contributed by atoms with E-state index >= 15 is 0 Å². The second kappa shape index (κ2) is 6.03. The molecule has 0 unspecified atom stereocenters. The van der Waals surface area contributed by atoms with Gasteiger partial charge in [-0.25, -0.2) is 8.78 Å². The average molecular weight is 245 g/mol. The number of rotatable bonds is 6. The van der Waals surface area contributed by atoms with Gasteiger partial charge in [-0.2, -0.15) is 8.78 Å². The van der Waals surface area contributed by atoms with Crippen LogP contribution in [0.2, 0.25) is 0 Å². The average Bonchev–Trinajstić information content (AvgIpc) is 2.15. The molecule has 7 heteroatoms. The smallest absolute Gasteiger partial charge is 0.377 e. The molecule has 0 bridgehead atoms. The fourth-order valence-corrected chi connectivity index (χ4v) is 0.875. The normalized spacial score (nSPS) is 12.3. The van der Waals surface area contributed by atoms with Crippen LogP contribution in [0.4, 0.5) is 17.6 Å². The lowest BCUT2D eigenvalue weighted by Gasteiger charge is -2.23. The molecule has 16 heavy (non-hydrogen) atoms. The third-order valence-electron chi connectivity index (χ3n) is 1.78. The zero-order valence-corrected chi connectivity index (χ0v) is 9.34. The lowest BCUT2D eigenvalue weighted by molar-refractivity contribution is -0.179. The van der Waals surface area contributed by atoms with E-state index < -0.39 is 18.3 Å². The van der Waals surface area contributed by atoms with Crippen LogP contribution in [0, 0.1) is 0 Å². The quantitative estimate of drug-likeness (QED) is 0.667. The first-order valence-corrected chi connectivity index (χ1v) is 4.72. The molecular formula is C9H15F4NO2. The molecule has 0 aromatic heterocycles. The summed E-state index contributed by atoms with van der Waals surface area (Å²) in [6.45, 7) is 3.34. The van der Waals surface area contributed by atoms with E-state index in [-0.39, 0.29) is 19.3 Å². The second-order valence-electron chi connectivity index (χ2n) is 3.57. The van der Waals surface area contributed by atoms with Gasteiger partial charge in [-0.05, 0) is 13.8 Å². The predicted octanol–water partition coefficient (Wildman–Crippen LogP) is 1.77. The summed E-state index contributed by atoms with van der Waals surface area (Å²) < 4.78 is 53.9. The number of ether oxygens (including phenoxy) is 1. The molecule has 0 rings (SSSR count). The zero-order chi connectivity index (χ0) is 12.9. The van der Waals surface area contributed by atoms with Crippen molar-refractivity contribution < 1.29 is 27.1 Å². The highest BCUT2D eigenvalue weighted by molar-refractivity contribution is 5.83. The van der Waals surface area contributed by atoms with Crippen molar-refractivity contribution >= 4 is 5.91 Å². The van der Waals surface area contributed by atoms with Crippen molar-refractivity contribution in [2.45, 2.75) is 32.3 Å². The molecule has 0 aromatic carbocycles. The monoisotopic (exact) mass is 245 g/mol. The summed E-state index contributed by atoms with van der Waals surface area (Å²) >= 11 is 0. The van der Waals surface area contributed by atoms with Crippen LogP contribution in [0.3, 0.4) is 0 Å². The lowest BCUT2D eigenvalue weighted by atomic mass is 10.3. The molecule has 0 aliphatic carbocycles. The number of carbonyl (C=O) groups is 1. The van der Waals surface area contributed by atoms with E-state index in [2.05, 4.69) is 0 Å². The molecule has 0 heterocycles. The van der Waals surface area contributed by atoms with Crippen LogP contribution in [0.25, 0.3) is 0 Å². The number of hydrogen-bond donors (Lipinski definition) is 0. The van der Waals surface area contributed by atoms with Crippen molar-refractivity contribution in [3.63, 3.8) is 0 Å². The summed E-state index contributed by atoms with van der Waals surface area (Å²) in [4.78, 5) is 11.5. The van der Waals surface area contributed by atoms with E-state index in [0.29, 0.717) is 4.90 Å². The molecule has 0 radical (unpaired) electrons. The maximum Gasteiger partial charge on any atom is 0.383 e. The summed E-state index contributed by atoms with van der Waals surface area (Å²) in [7, 11) is 1.03. The summed E-state index contributed by atoms with van der Waals surface area (Å²) in [5.74, 6) is -6.53. The molecule has 0 saturated carbocycles. The van der Waals surface area contributed by atoms with Gasteiger partial charge in [0.2, 0.25) is 0 Å². The molecule has 3 nitrogen and oxygen atoms in total. The molecule has 96 valence electrons. The van der Waals surface area contributed by atoms with Gasteiger partial charge in [0.25, 0.3) is 5.91 Å². The number of nitrogens with zero attached hydrogens (tertiary/aromatic N) is 1. The summed E-state index contributed by atoms with van der Waals surface area (Å²) in [6, 6.07) is 0. The molecule has 0 aliphatic heterocycles. The van der Waals surface area contributed by atoms with Gasteiger partial charge in [0.05, 0.1) is 12.7 Å². The van der Waals surface area contributed by atoms with Crippen LogP contribution in [-0.2, 0) is 9.53 Å². The van der Waals surface area contributed by atoms with E-state index in [4.69, 9.17) is 4.74 Å². The van der Waals surface area contributed by atoms with Crippen molar-refractivity contribution in [2.24, 2.45) is 0 Å². The number of likely N-dealkylation sites (N-methyl/N-ethyl adjacent to an activating group) is 1. The Morgan fingerprint density at radius 1 is 1.38 bits per heavy atom. The Bertz CT molecular complexity index is 234.